The van der Waals surface area contributed by atoms with E-state index in [0.29, 0.717) is 6.54 Å². The number of nitrogens with one attached hydrogen (secondary N) is 1. The van der Waals surface area contributed by atoms with Crippen molar-refractivity contribution < 1.29 is 4.79 Å². The van der Waals surface area contributed by atoms with Crippen LogP contribution in [0.2, 0.25) is 0 Å². The molecule has 0 aliphatic carbocycles. The van der Waals surface area contributed by atoms with Gasteiger partial charge in [0, 0.05) is 31.7 Å². The van der Waals surface area contributed by atoms with Crippen molar-refractivity contribution in [3.05, 3.63) is 70.8 Å². The zero-order valence-electron chi connectivity index (χ0n) is 13.0. The molecule has 0 aromatic heterocycles. The minimum atomic E-state index is 0.000880. The number of nitrogens with zero attached hydrogens (tertiary/aromatic N) is 1. The Morgan fingerprint density at radius 1 is 1.09 bits per heavy atom. The molecular weight excluding hydrogens is 272 g/mol. The van der Waals surface area contributed by atoms with E-state index in [2.05, 4.69) is 46.6 Å². The normalized spacial score (nSPS) is 14.4. The summed E-state index contributed by atoms with van der Waals surface area (Å²) in [4.78, 5) is 14.2. The molecule has 0 unspecified atom stereocenters. The topological polar surface area (TPSA) is 32.3 Å². The van der Waals surface area contributed by atoms with Crippen LogP contribution >= 0.6 is 0 Å². The van der Waals surface area contributed by atoms with Crippen LogP contribution in [0.3, 0.4) is 0 Å². The van der Waals surface area contributed by atoms with Crippen LogP contribution in [0.25, 0.3) is 0 Å². The maximum absolute atomic E-state index is 11.8. The van der Waals surface area contributed by atoms with E-state index in [0.717, 1.165) is 31.6 Å². The molecule has 0 saturated heterocycles. The lowest BCUT2D eigenvalue weighted by Crippen LogP contribution is -2.30. The maximum atomic E-state index is 11.8. The molecule has 3 heteroatoms. The quantitative estimate of drug-likeness (QED) is 0.940. The molecule has 2 aromatic carbocycles. The molecule has 114 valence electrons. The SMILES string of the molecule is CCNC(=O)c1ccc(CN2CCc3ccccc3C2)cc1. The second-order valence-corrected chi connectivity index (χ2v) is 5.79. The van der Waals surface area contributed by atoms with Crippen molar-refractivity contribution in [2.24, 2.45) is 0 Å². The van der Waals surface area contributed by atoms with Gasteiger partial charge in [0.25, 0.3) is 5.91 Å². The number of rotatable bonds is 4. The van der Waals surface area contributed by atoms with Gasteiger partial charge in [0.2, 0.25) is 0 Å². The van der Waals surface area contributed by atoms with Gasteiger partial charge < -0.3 is 5.32 Å². The van der Waals surface area contributed by atoms with Gasteiger partial charge in [0.15, 0.2) is 0 Å². The summed E-state index contributed by atoms with van der Waals surface area (Å²) in [6.45, 7) is 5.63. The molecule has 0 bridgehead atoms. The van der Waals surface area contributed by atoms with Crippen molar-refractivity contribution in [1.82, 2.24) is 10.2 Å². The van der Waals surface area contributed by atoms with E-state index < -0.39 is 0 Å². The Hall–Kier alpha value is -2.13. The number of carbonyl (C=O) groups excluding carboxylic acids is 1. The van der Waals surface area contributed by atoms with Gasteiger partial charge in [0.1, 0.15) is 0 Å². The lowest BCUT2D eigenvalue weighted by atomic mass is 9.99. The van der Waals surface area contributed by atoms with Gasteiger partial charge in [-0.1, -0.05) is 36.4 Å². The number of fused-ring (bicyclic) bond motifs is 1. The van der Waals surface area contributed by atoms with Gasteiger partial charge in [-0.2, -0.15) is 0 Å². The minimum Gasteiger partial charge on any atom is -0.352 e. The molecule has 1 amide bonds. The first-order valence-corrected chi connectivity index (χ1v) is 7.92. The van der Waals surface area contributed by atoms with E-state index >= 15 is 0 Å². The minimum absolute atomic E-state index is 0.000880. The fourth-order valence-electron chi connectivity index (χ4n) is 2.97. The first kappa shape index (κ1) is 14.8. The third kappa shape index (κ3) is 3.37. The van der Waals surface area contributed by atoms with Crippen LogP contribution in [-0.2, 0) is 19.5 Å². The van der Waals surface area contributed by atoms with Gasteiger partial charge in [-0.15, -0.1) is 0 Å². The Balaban J connectivity index is 1.63. The number of hydrogen-bond acceptors (Lipinski definition) is 2. The molecule has 0 fully saturated rings. The van der Waals surface area contributed by atoms with Gasteiger partial charge in [-0.25, -0.2) is 0 Å². The third-order valence-corrected chi connectivity index (χ3v) is 4.17. The fraction of sp³-hybridized carbons (Fsp3) is 0.316. The Morgan fingerprint density at radius 3 is 2.55 bits per heavy atom. The molecule has 3 rings (SSSR count). The molecule has 1 N–H and O–H groups in total. The highest BCUT2D eigenvalue weighted by atomic mass is 16.1. The number of hydrogen-bond donors (Lipinski definition) is 1. The smallest absolute Gasteiger partial charge is 0.251 e. The monoisotopic (exact) mass is 294 g/mol. The Bertz CT molecular complexity index is 649. The van der Waals surface area contributed by atoms with E-state index in [9.17, 15) is 4.79 Å². The van der Waals surface area contributed by atoms with Crippen molar-refractivity contribution in [3.63, 3.8) is 0 Å². The van der Waals surface area contributed by atoms with Gasteiger partial charge in [0.05, 0.1) is 0 Å². The Kier molecular flexibility index (Phi) is 4.54. The summed E-state index contributed by atoms with van der Waals surface area (Å²) in [5, 5.41) is 2.82. The highest BCUT2D eigenvalue weighted by Gasteiger charge is 2.15. The first-order chi connectivity index (χ1) is 10.8. The standard InChI is InChI=1S/C19H22N2O/c1-2-20-19(22)17-9-7-15(8-10-17)13-21-12-11-16-5-3-4-6-18(16)14-21/h3-10H,2,11-14H2,1H3,(H,20,22). The number of carbonyl (C=O) groups is 1. The summed E-state index contributed by atoms with van der Waals surface area (Å²) in [5.74, 6) is 0.000880. The van der Waals surface area contributed by atoms with Crippen LogP contribution in [-0.4, -0.2) is 23.9 Å². The molecule has 1 aliphatic heterocycles. The summed E-state index contributed by atoms with van der Waals surface area (Å²) in [7, 11) is 0. The molecule has 22 heavy (non-hydrogen) atoms. The summed E-state index contributed by atoms with van der Waals surface area (Å²) < 4.78 is 0. The second kappa shape index (κ2) is 6.75. The average molecular weight is 294 g/mol. The van der Waals surface area contributed by atoms with Crippen LogP contribution in [0.4, 0.5) is 0 Å². The molecule has 2 aromatic rings. The summed E-state index contributed by atoms with van der Waals surface area (Å²) in [6.07, 6.45) is 1.12. The summed E-state index contributed by atoms with van der Waals surface area (Å²) in [5.41, 5.74) is 4.90. The van der Waals surface area contributed by atoms with Gasteiger partial charge in [-0.3, -0.25) is 9.69 Å². The Morgan fingerprint density at radius 2 is 1.82 bits per heavy atom. The van der Waals surface area contributed by atoms with Crippen LogP contribution in [0.15, 0.2) is 48.5 Å². The average Bonchev–Trinajstić information content (AvgIpc) is 2.56. The molecular formula is C19H22N2O. The molecule has 1 aliphatic rings. The molecule has 0 saturated carbocycles. The van der Waals surface area contributed by atoms with Crippen molar-refractivity contribution in [1.29, 1.82) is 0 Å². The fourth-order valence-corrected chi connectivity index (χ4v) is 2.97. The summed E-state index contributed by atoms with van der Waals surface area (Å²) >= 11 is 0. The lowest BCUT2D eigenvalue weighted by Gasteiger charge is -2.28. The van der Waals surface area contributed by atoms with Crippen molar-refractivity contribution in [2.45, 2.75) is 26.4 Å². The zero-order chi connectivity index (χ0) is 15.4. The molecule has 1 heterocycles. The van der Waals surface area contributed by atoms with Crippen molar-refractivity contribution >= 4 is 5.91 Å². The Labute approximate surface area is 132 Å². The summed E-state index contributed by atoms with van der Waals surface area (Å²) in [6, 6.07) is 16.6. The molecule has 0 spiro atoms. The van der Waals surface area contributed by atoms with Crippen molar-refractivity contribution in [3.8, 4) is 0 Å². The van der Waals surface area contributed by atoms with Crippen molar-refractivity contribution in [2.75, 3.05) is 13.1 Å². The highest BCUT2D eigenvalue weighted by molar-refractivity contribution is 5.94. The number of amides is 1. The molecule has 0 radical (unpaired) electrons. The highest BCUT2D eigenvalue weighted by Crippen LogP contribution is 2.20. The van der Waals surface area contributed by atoms with Crippen LogP contribution < -0.4 is 5.32 Å². The van der Waals surface area contributed by atoms with Gasteiger partial charge in [-0.05, 0) is 42.2 Å². The predicted molar refractivity (Wildman–Crippen MR) is 88.7 cm³/mol. The zero-order valence-corrected chi connectivity index (χ0v) is 13.0. The molecule has 3 nitrogen and oxygen atoms in total. The maximum Gasteiger partial charge on any atom is 0.251 e. The van der Waals surface area contributed by atoms with Crippen LogP contribution in [0.5, 0.6) is 0 Å². The van der Waals surface area contributed by atoms with E-state index in [4.69, 9.17) is 0 Å². The van der Waals surface area contributed by atoms with E-state index in [1.165, 1.54) is 16.7 Å². The van der Waals surface area contributed by atoms with E-state index in [-0.39, 0.29) is 5.91 Å². The van der Waals surface area contributed by atoms with E-state index in [1.807, 2.05) is 19.1 Å². The van der Waals surface area contributed by atoms with Crippen LogP contribution in [0, 0.1) is 0 Å². The van der Waals surface area contributed by atoms with E-state index in [1.54, 1.807) is 0 Å². The number of benzene rings is 2. The predicted octanol–water partition coefficient (Wildman–Crippen LogP) is 2.99. The first-order valence-electron chi connectivity index (χ1n) is 7.92. The van der Waals surface area contributed by atoms with Crippen LogP contribution in [0.1, 0.15) is 34.0 Å². The van der Waals surface area contributed by atoms with Gasteiger partial charge >= 0.3 is 0 Å². The largest absolute Gasteiger partial charge is 0.352 e. The lowest BCUT2D eigenvalue weighted by molar-refractivity contribution is 0.0956. The molecule has 0 atom stereocenters. The second-order valence-electron chi connectivity index (χ2n) is 5.79. The third-order valence-electron chi connectivity index (χ3n) is 4.17.